The van der Waals surface area contributed by atoms with E-state index in [4.69, 9.17) is 0 Å². The van der Waals surface area contributed by atoms with Crippen LogP contribution in [0.1, 0.15) is 16.2 Å². The molecule has 0 saturated heterocycles. The number of aromatic nitrogens is 2. The van der Waals surface area contributed by atoms with Gasteiger partial charge in [-0.05, 0) is 40.8 Å². The number of aryl methyl sites for hydroxylation is 1. The Morgan fingerprint density at radius 3 is 3.00 bits per heavy atom. The molecule has 0 radical (unpaired) electrons. The van der Waals surface area contributed by atoms with E-state index >= 15 is 0 Å². The summed E-state index contributed by atoms with van der Waals surface area (Å²) < 4.78 is 3.80. The minimum Gasteiger partial charge on any atom is -0.352 e. The maximum atomic E-state index is 12.1. The third-order valence-electron chi connectivity index (χ3n) is 2.73. The van der Waals surface area contributed by atoms with Crippen molar-refractivity contribution in [3.8, 4) is 0 Å². The molecule has 6 heteroatoms. The van der Waals surface area contributed by atoms with Crippen LogP contribution in [0.3, 0.4) is 0 Å². The van der Waals surface area contributed by atoms with Crippen molar-refractivity contribution in [2.24, 2.45) is 7.05 Å². The molecule has 1 amide bonds. The molecule has 4 nitrogen and oxygen atoms in total. The van der Waals surface area contributed by atoms with Gasteiger partial charge in [0.25, 0.3) is 5.91 Å². The Kier molecular flexibility index (Phi) is 4.98. The summed E-state index contributed by atoms with van der Waals surface area (Å²) in [5.41, 5.74) is 0.690. The molecule has 0 aliphatic heterocycles. The fraction of sp³-hybridized carbons (Fsp3) is 0.231. The van der Waals surface area contributed by atoms with Crippen LogP contribution in [-0.4, -0.2) is 22.0 Å². The van der Waals surface area contributed by atoms with Gasteiger partial charge in [-0.15, -0.1) is 0 Å². The molecule has 0 aliphatic rings. The lowest BCUT2D eigenvalue weighted by atomic mass is 10.2. The quantitative estimate of drug-likeness (QED) is 0.753. The lowest BCUT2D eigenvalue weighted by Crippen LogP contribution is -2.27. The summed E-state index contributed by atoms with van der Waals surface area (Å²) in [6, 6.07) is 5.67. The largest absolute Gasteiger partial charge is 0.352 e. The third-order valence-corrected chi connectivity index (χ3v) is 4.16. The highest BCUT2D eigenvalue weighted by Crippen LogP contribution is 2.18. The molecule has 0 bridgehead atoms. The van der Waals surface area contributed by atoms with Crippen molar-refractivity contribution in [1.29, 1.82) is 0 Å². The van der Waals surface area contributed by atoms with Gasteiger partial charge in [0.1, 0.15) is 5.82 Å². The maximum absolute atomic E-state index is 12.1. The summed E-state index contributed by atoms with van der Waals surface area (Å²) in [6.07, 6.45) is 4.38. The Bertz CT molecular complexity index is 597. The summed E-state index contributed by atoms with van der Waals surface area (Å²) in [5, 5.41) is 2.91. The number of halogens is 2. The Balaban J connectivity index is 1.94. The fourth-order valence-electron chi connectivity index (χ4n) is 1.69. The first-order chi connectivity index (χ1) is 9.08. The van der Waals surface area contributed by atoms with Gasteiger partial charge in [-0.1, -0.05) is 15.9 Å². The number of nitrogens with zero attached hydrogens (tertiary/aromatic N) is 2. The van der Waals surface area contributed by atoms with Crippen LogP contribution in [0, 0.1) is 3.57 Å². The van der Waals surface area contributed by atoms with E-state index in [0.29, 0.717) is 12.1 Å². The highest BCUT2D eigenvalue weighted by molar-refractivity contribution is 14.1. The van der Waals surface area contributed by atoms with E-state index in [2.05, 4.69) is 48.8 Å². The standard InChI is InChI=1S/C13H13BrIN3O/c1-18-7-6-16-12(18)4-5-17-13(19)10-8-9(14)2-3-11(10)15/h2-3,6-8H,4-5H2,1H3,(H,17,19). The highest BCUT2D eigenvalue weighted by Gasteiger charge is 2.10. The van der Waals surface area contributed by atoms with Crippen LogP contribution in [0.15, 0.2) is 35.1 Å². The molecule has 100 valence electrons. The van der Waals surface area contributed by atoms with Gasteiger partial charge in [0.15, 0.2) is 0 Å². The number of imidazole rings is 1. The zero-order valence-electron chi connectivity index (χ0n) is 10.4. The summed E-state index contributed by atoms with van der Waals surface area (Å²) in [5.74, 6) is 0.907. The van der Waals surface area contributed by atoms with Crippen molar-refractivity contribution in [1.82, 2.24) is 14.9 Å². The second kappa shape index (κ2) is 6.51. The monoisotopic (exact) mass is 433 g/mol. The first-order valence-electron chi connectivity index (χ1n) is 5.77. The van der Waals surface area contributed by atoms with Crippen LogP contribution in [0.25, 0.3) is 0 Å². The number of hydrogen-bond acceptors (Lipinski definition) is 2. The van der Waals surface area contributed by atoms with Crippen molar-refractivity contribution in [3.63, 3.8) is 0 Å². The molecule has 0 aliphatic carbocycles. The Morgan fingerprint density at radius 2 is 2.32 bits per heavy atom. The molecule has 2 aromatic rings. The van der Waals surface area contributed by atoms with Gasteiger partial charge in [0.05, 0.1) is 5.56 Å². The number of nitrogens with one attached hydrogen (secondary N) is 1. The van der Waals surface area contributed by atoms with Gasteiger partial charge in [-0.25, -0.2) is 4.98 Å². The summed E-state index contributed by atoms with van der Waals surface area (Å²) in [6.45, 7) is 0.576. The molecule has 0 saturated carbocycles. The summed E-state index contributed by atoms with van der Waals surface area (Å²) in [7, 11) is 1.95. The van der Waals surface area contributed by atoms with E-state index in [1.54, 1.807) is 6.20 Å². The minimum atomic E-state index is -0.0556. The Morgan fingerprint density at radius 1 is 1.53 bits per heavy atom. The van der Waals surface area contributed by atoms with Crippen molar-refractivity contribution in [2.75, 3.05) is 6.54 Å². The molecular formula is C13H13BrIN3O. The topological polar surface area (TPSA) is 46.9 Å². The van der Waals surface area contributed by atoms with E-state index in [9.17, 15) is 4.79 Å². The zero-order chi connectivity index (χ0) is 13.8. The van der Waals surface area contributed by atoms with Crippen molar-refractivity contribution >= 4 is 44.4 Å². The van der Waals surface area contributed by atoms with Gasteiger partial charge in [-0.2, -0.15) is 0 Å². The van der Waals surface area contributed by atoms with E-state index in [0.717, 1.165) is 20.3 Å². The number of amides is 1. The van der Waals surface area contributed by atoms with Gasteiger partial charge in [0.2, 0.25) is 0 Å². The molecule has 1 heterocycles. The van der Waals surface area contributed by atoms with Gasteiger partial charge >= 0.3 is 0 Å². The molecule has 0 atom stereocenters. The van der Waals surface area contributed by atoms with Crippen LogP contribution in [0.5, 0.6) is 0 Å². The average Bonchev–Trinajstić information content (AvgIpc) is 2.78. The lowest BCUT2D eigenvalue weighted by molar-refractivity contribution is 0.0953. The number of hydrogen-bond donors (Lipinski definition) is 1. The molecule has 0 fully saturated rings. The molecule has 0 spiro atoms. The highest BCUT2D eigenvalue weighted by atomic mass is 127. The third kappa shape index (κ3) is 3.79. The number of benzene rings is 1. The lowest BCUT2D eigenvalue weighted by Gasteiger charge is -2.07. The predicted octanol–water partition coefficient (Wildman–Crippen LogP) is 2.76. The second-order valence-corrected chi connectivity index (χ2v) is 6.16. The Labute approximate surface area is 133 Å². The average molecular weight is 434 g/mol. The van der Waals surface area contributed by atoms with Crippen molar-refractivity contribution in [2.45, 2.75) is 6.42 Å². The van der Waals surface area contributed by atoms with E-state index in [1.165, 1.54) is 0 Å². The van der Waals surface area contributed by atoms with Crippen LogP contribution >= 0.6 is 38.5 Å². The van der Waals surface area contributed by atoms with Gasteiger partial charge < -0.3 is 9.88 Å². The van der Waals surface area contributed by atoms with Crippen LogP contribution < -0.4 is 5.32 Å². The van der Waals surface area contributed by atoms with Gasteiger partial charge in [-0.3, -0.25) is 4.79 Å². The summed E-state index contributed by atoms with van der Waals surface area (Å²) >= 11 is 5.54. The first-order valence-corrected chi connectivity index (χ1v) is 7.64. The molecule has 19 heavy (non-hydrogen) atoms. The van der Waals surface area contributed by atoms with Crippen LogP contribution in [0.2, 0.25) is 0 Å². The zero-order valence-corrected chi connectivity index (χ0v) is 14.1. The molecule has 2 rings (SSSR count). The molecule has 1 aromatic heterocycles. The molecule has 0 unspecified atom stereocenters. The number of carbonyl (C=O) groups excluding carboxylic acids is 1. The first kappa shape index (κ1) is 14.5. The molecule has 1 aromatic carbocycles. The fourth-order valence-corrected chi connectivity index (χ4v) is 2.63. The smallest absolute Gasteiger partial charge is 0.252 e. The number of rotatable bonds is 4. The van der Waals surface area contributed by atoms with E-state index in [-0.39, 0.29) is 5.91 Å². The van der Waals surface area contributed by atoms with E-state index in [1.807, 2.05) is 36.0 Å². The Hall–Kier alpha value is -0.890. The normalized spacial score (nSPS) is 10.5. The van der Waals surface area contributed by atoms with Crippen molar-refractivity contribution < 1.29 is 4.79 Å². The summed E-state index contributed by atoms with van der Waals surface area (Å²) in [4.78, 5) is 16.3. The van der Waals surface area contributed by atoms with Gasteiger partial charge in [0, 0.05) is 40.4 Å². The van der Waals surface area contributed by atoms with Crippen molar-refractivity contribution in [3.05, 3.63) is 50.0 Å². The molecule has 1 N–H and O–H groups in total. The number of carbonyl (C=O) groups is 1. The molecular weight excluding hydrogens is 421 g/mol. The second-order valence-electron chi connectivity index (χ2n) is 4.08. The van der Waals surface area contributed by atoms with Crippen LogP contribution in [-0.2, 0) is 13.5 Å². The van der Waals surface area contributed by atoms with E-state index < -0.39 is 0 Å². The van der Waals surface area contributed by atoms with Crippen LogP contribution in [0.4, 0.5) is 0 Å². The SMILES string of the molecule is Cn1ccnc1CCNC(=O)c1cc(Br)ccc1I. The maximum Gasteiger partial charge on any atom is 0.252 e. The predicted molar refractivity (Wildman–Crippen MR) is 86.1 cm³/mol. The minimum absolute atomic E-state index is 0.0556.